The predicted molar refractivity (Wildman–Crippen MR) is 132 cm³/mol. The molecule has 2 fully saturated rings. The second kappa shape index (κ2) is 8.15. The van der Waals surface area contributed by atoms with Gasteiger partial charge >= 0.3 is 5.69 Å². The van der Waals surface area contributed by atoms with Crippen molar-refractivity contribution in [3.8, 4) is 0 Å². The van der Waals surface area contributed by atoms with E-state index in [2.05, 4.69) is 9.97 Å². The number of aromatic amines is 1. The maximum absolute atomic E-state index is 13.4. The Kier molecular flexibility index (Phi) is 5.17. The highest BCUT2D eigenvalue weighted by molar-refractivity contribution is 8.00. The third-order valence-corrected chi connectivity index (χ3v) is 8.01. The number of aromatic nitrogens is 4. The molecule has 10 heteroatoms. The Labute approximate surface area is 205 Å². The van der Waals surface area contributed by atoms with Gasteiger partial charge in [-0.3, -0.25) is 23.9 Å². The van der Waals surface area contributed by atoms with Crippen molar-refractivity contribution in [3.63, 3.8) is 0 Å². The van der Waals surface area contributed by atoms with E-state index < -0.39 is 16.5 Å². The Bertz CT molecular complexity index is 1520. The van der Waals surface area contributed by atoms with Gasteiger partial charge in [-0.15, -0.1) is 0 Å². The summed E-state index contributed by atoms with van der Waals surface area (Å²) in [5, 5.41) is 0.207. The van der Waals surface area contributed by atoms with Crippen LogP contribution < -0.4 is 16.1 Å². The number of ketones is 1. The second-order valence-corrected chi connectivity index (χ2v) is 10.9. The summed E-state index contributed by atoms with van der Waals surface area (Å²) in [5.74, 6) is 0.781. The fourth-order valence-corrected chi connectivity index (χ4v) is 5.78. The Morgan fingerprint density at radius 2 is 1.91 bits per heavy atom. The minimum absolute atomic E-state index is 0.0104. The molecule has 6 rings (SSSR count). The zero-order chi connectivity index (χ0) is 24.4. The fourth-order valence-electron chi connectivity index (χ4n) is 4.75. The number of hydrogen-bond acceptors (Lipinski definition) is 7. The summed E-state index contributed by atoms with van der Waals surface area (Å²) in [6.45, 7) is 3.96. The summed E-state index contributed by atoms with van der Waals surface area (Å²) in [5.41, 5.74) is 1.82. The molecule has 1 amide bonds. The monoisotopic (exact) mass is 491 g/mol. The van der Waals surface area contributed by atoms with Crippen LogP contribution in [0.3, 0.4) is 0 Å². The number of H-pyrrole nitrogens is 1. The summed E-state index contributed by atoms with van der Waals surface area (Å²) in [4.78, 5) is 64.2. The molecular formula is C25H25N5O4S. The average molecular weight is 492 g/mol. The van der Waals surface area contributed by atoms with Crippen LogP contribution in [0.5, 0.6) is 0 Å². The predicted octanol–water partition coefficient (Wildman–Crippen LogP) is 2.96. The Morgan fingerprint density at radius 3 is 2.60 bits per heavy atom. The normalized spacial score (nSPS) is 18.1. The zero-order valence-electron chi connectivity index (χ0n) is 19.5. The number of anilines is 1. The first kappa shape index (κ1) is 22.2. The van der Waals surface area contributed by atoms with Crippen LogP contribution in [0.15, 0.2) is 32.8 Å². The molecule has 35 heavy (non-hydrogen) atoms. The molecule has 3 aromatic rings. The molecule has 0 spiro atoms. The molecular weight excluding hydrogens is 466 g/mol. The van der Waals surface area contributed by atoms with Crippen LogP contribution in [-0.2, 0) is 11.2 Å². The number of carbonyl (C=O) groups excluding carboxylic acids is 2. The molecule has 9 nitrogen and oxygen atoms in total. The first-order chi connectivity index (χ1) is 16.8. The van der Waals surface area contributed by atoms with Crippen molar-refractivity contribution in [1.82, 2.24) is 19.5 Å². The molecule has 3 aliphatic rings. The number of nitrogens with zero attached hydrogens (tertiary/aromatic N) is 4. The van der Waals surface area contributed by atoms with Gasteiger partial charge in [0.25, 0.3) is 5.56 Å². The number of benzene rings is 1. The lowest BCUT2D eigenvalue weighted by molar-refractivity contribution is -0.116. The van der Waals surface area contributed by atoms with Gasteiger partial charge in [0.05, 0.1) is 5.25 Å². The zero-order valence-corrected chi connectivity index (χ0v) is 20.4. The first-order valence-electron chi connectivity index (χ1n) is 12.0. The van der Waals surface area contributed by atoms with Gasteiger partial charge in [0.15, 0.2) is 11.4 Å². The third-order valence-electron chi connectivity index (χ3n) is 6.92. The Balaban J connectivity index is 1.37. The topological polar surface area (TPSA) is 118 Å². The van der Waals surface area contributed by atoms with Crippen molar-refractivity contribution in [2.75, 3.05) is 11.4 Å². The molecule has 180 valence electrons. The number of fused-ring (bicyclic) bond motifs is 2. The molecule has 2 saturated carbocycles. The summed E-state index contributed by atoms with van der Waals surface area (Å²) < 4.78 is 1.59. The van der Waals surface area contributed by atoms with E-state index in [-0.39, 0.29) is 29.0 Å². The van der Waals surface area contributed by atoms with Gasteiger partial charge in [0.1, 0.15) is 16.2 Å². The highest BCUT2D eigenvalue weighted by Gasteiger charge is 2.33. The standard InChI is InChI=1S/C25H25N5O4S/c1-12(20(32)16-5-8-18-15(11-16)9-10-29(18)13(2)31)35-24-19-22(26-21(27-24)14-3-4-14)30(17-6-7-17)25(34)28-23(19)33/h5,8,11-12,14,17H,3-4,6-7,9-10H2,1-2H3,(H,28,33,34). The van der Waals surface area contributed by atoms with E-state index in [1.54, 1.807) is 29.4 Å². The molecule has 1 atom stereocenters. The van der Waals surface area contributed by atoms with Crippen molar-refractivity contribution < 1.29 is 9.59 Å². The van der Waals surface area contributed by atoms with Crippen LogP contribution in [0.25, 0.3) is 11.0 Å². The van der Waals surface area contributed by atoms with E-state index in [0.717, 1.165) is 36.9 Å². The van der Waals surface area contributed by atoms with E-state index in [0.29, 0.717) is 35.0 Å². The van der Waals surface area contributed by atoms with E-state index in [1.807, 2.05) is 12.1 Å². The van der Waals surface area contributed by atoms with Gasteiger partial charge in [-0.25, -0.2) is 14.8 Å². The minimum Gasteiger partial charge on any atom is -0.312 e. The smallest absolute Gasteiger partial charge is 0.312 e. The molecule has 0 bridgehead atoms. The summed E-state index contributed by atoms with van der Waals surface area (Å²) in [7, 11) is 0. The maximum Gasteiger partial charge on any atom is 0.330 e. The number of hydrogen-bond donors (Lipinski definition) is 1. The number of Topliss-reactive ketones (excluding diaryl/α,β-unsaturated/α-hetero) is 1. The van der Waals surface area contributed by atoms with Crippen molar-refractivity contribution in [1.29, 1.82) is 0 Å². The molecule has 1 aliphatic heterocycles. The van der Waals surface area contributed by atoms with E-state index in [9.17, 15) is 19.2 Å². The van der Waals surface area contributed by atoms with Crippen LogP contribution in [0, 0.1) is 0 Å². The lowest BCUT2D eigenvalue weighted by Crippen LogP contribution is -2.31. The van der Waals surface area contributed by atoms with Crippen LogP contribution in [-0.4, -0.2) is 43.0 Å². The number of rotatable bonds is 6. The largest absolute Gasteiger partial charge is 0.330 e. The van der Waals surface area contributed by atoms with Crippen molar-refractivity contribution >= 4 is 40.2 Å². The van der Waals surface area contributed by atoms with E-state index in [1.165, 1.54) is 11.8 Å². The average Bonchev–Trinajstić information content (AvgIpc) is 3.75. The number of nitrogens with one attached hydrogen (secondary N) is 1. The maximum atomic E-state index is 13.4. The van der Waals surface area contributed by atoms with Gasteiger partial charge in [0.2, 0.25) is 5.91 Å². The molecule has 1 unspecified atom stereocenters. The Morgan fingerprint density at radius 1 is 1.14 bits per heavy atom. The Hall–Kier alpha value is -3.27. The summed E-state index contributed by atoms with van der Waals surface area (Å²) in [6.07, 6.45) is 4.43. The number of amides is 1. The van der Waals surface area contributed by atoms with E-state index in [4.69, 9.17) is 4.98 Å². The second-order valence-electron chi connectivity index (χ2n) is 9.61. The fraction of sp³-hybridized carbons (Fsp3) is 0.440. The lowest BCUT2D eigenvalue weighted by atomic mass is 10.0. The van der Waals surface area contributed by atoms with Crippen LogP contribution in [0.2, 0.25) is 0 Å². The van der Waals surface area contributed by atoms with Crippen LogP contribution in [0.1, 0.15) is 73.2 Å². The first-order valence-corrected chi connectivity index (χ1v) is 12.9. The van der Waals surface area contributed by atoms with E-state index >= 15 is 0 Å². The number of thioether (sulfide) groups is 1. The highest BCUT2D eigenvalue weighted by atomic mass is 32.2. The van der Waals surface area contributed by atoms with Crippen molar-refractivity contribution in [2.24, 2.45) is 0 Å². The van der Waals surface area contributed by atoms with Gasteiger partial charge < -0.3 is 4.90 Å². The minimum atomic E-state index is -0.520. The quantitative estimate of drug-likeness (QED) is 0.320. The van der Waals surface area contributed by atoms with Gasteiger partial charge in [0, 0.05) is 36.7 Å². The molecule has 1 aromatic carbocycles. The van der Waals surface area contributed by atoms with Crippen molar-refractivity contribution in [2.45, 2.75) is 68.2 Å². The third kappa shape index (κ3) is 3.89. The van der Waals surface area contributed by atoms with Gasteiger partial charge in [-0.1, -0.05) is 11.8 Å². The highest BCUT2D eigenvalue weighted by Crippen LogP contribution is 2.41. The SMILES string of the molecule is CC(=O)N1CCc2cc(C(=O)C(C)Sc3nc(C4CC4)nc4c3c(=O)[nH]c(=O)n4C3CC3)ccc21. The van der Waals surface area contributed by atoms with Crippen LogP contribution >= 0.6 is 11.8 Å². The molecule has 3 heterocycles. The number of carbonyl (C=O) groups is 2. The molecule has 1 N–H and O–H groups in total. The summed E-state index contributed by atoms with van der Waals surface area (Å²) >= 11 is 1.23. The molecule has 0 radical (unpaired) electrons. The van der Waals surface area contributed by atoms with Crippen molar-refractivity contribution in [3.05, 3.63) is 56.0 Å². The van der Waals surface area contributed by atoms with Crippen LogP contribution in [0.4, 0.5) is 5.69 Å². The molecule has 2 aromatic heterocycles. The summed E-state index contributed by atoms with van der Waals surface area (Å²) in [6, 6.07) is 5.49. The van der Waals surface area contributed by atoms with Gasteiger partial charge in [-0.2, -0.15) is 0 Å². The van der Waals surface area contributed by atoms with Gasteiger partial charge in [-0.05, 0) is 62.8 Å². The molecule has 0 saturated heterocycles. The lowest BCUT2D eigenvalue weighted by Gasteiger charge is -2.16. The molecule has 2 aliphatic carbocycles.